The summed E-state index contributed by atoms with van der Waals surface area (Å²) in [4.78, 5) is 14.5. The summed E-state index contributed by atoms with van der Waals surface area (Å²) in [6.45, 7) is 6.36. The molecule has 4 atom stereocenters. The zero-order chi connectivity index (χ0) is 14.0. The molecule has 0 amide bonds. The van der Waals surface area contributed by atoms with Crippen molar-refractivity contribution in [3.8, 4) is 0 Å². The molecule has 0 aromatic rings. The van der Waals surface area contributed by atoms with Crippen molar-refractivity contribution in [1.29, 1.82) is 0 Å². The Morgan fingerprint density at radius 3 is 2.74 bits per heavy atom. The van der Waals surface area contributed by atoms with Gasteiger partial charge in [0.25, 0.3) is 0 Å². The molecule has 110 valence electrons. The van der Waals surface area contributed by atoms with Crippen LogP contribution in [0.15, 0.2) is 0 Å². The molecular formula is C15H28N2O2. The largest absolute Gasteiger partial charge is 0.468 e. The van der Waals surface area contributed by atoms with Gasteiger partial charge in [0.15, 0.2) is 0 Å². The van der Waals surface area contributed by atoms with Crippen LogP contribution < -0.4 is 5.32 Å². The molecule has 4 nitrogen and oxygen atoms in total. The van der Waals surface area contributed by atoms with E-state index >= 15 is 0 Å². The zero-order valence-electron chi connectivity index (χ0n) is 12.7. The highest BCUT2D eigenvalue weighted by Crippen LogP contribution is 2.40. The molecule has 0 radical (unpaired) electrons. The molecule has 4 unspecified atom stereocenters. The number of nitrogens with one attached hydrogen (secondary N) is 1. The fraction of sp³-hybridized carbons (Fsp3) is 0.933. The first-order valence-corrected chi connectivity index (χ1v) is 7.56. The van der Waals surface area contributed by atoms with Gasteiger partial charge >= 0.3 is 5.97 Å². The predicted octanol–water partition coefficient (Wildman–Crippen LogP) is 1.65. The highest BCUT2D eigenvalue weighted by Gasteiger charge is 2.47. The quantitative estimate of drug-likeness (QED) is 0.744. The Morgan fingerprint density at radius 1 is 1.53 bits per heavy atom. The molecule has 0 bridgehead atoms. The van der Waals surface area contributed by atoms with E-state index in [9.17, 15) is 4.79 Å². The van der Waals surface area contributed by atoms with E-state index in [-0.39, 0.29) is 5.97 Å². The fourth-order valence-corrected chi connectivity index (χ4v) is 3.52. The average Bonchev–Trinajstić information content (AvgIpc) is 2.92. The molecule has 2 saturated carbocycles. The monoisotopic (exact) mass is 268 g/mol. The van der Waals surface area contributed by atoms with Crippen molar-refractivity contribution < 1.29 is 9.53 Å². The minimum absolute atomic E-state index is 0.0926. The minimum Gasteiger partial charge on any atom is -0.468 e. The predicted molar refractivity (Wildman–Crippen MR) is 76.0 cm³/mol. The number of methoxy groups -OCH3 is 1. The number of hydrogen-bond acceptors (Lipinski definition) is 4. The van der Waals surface area contributed by atoms with Crippen LogP contribution in [0.4, 0.5) is 0 Å². The first kappa shape index (κ1) is 14.8. The van der Waals surface area contributed by atoms with Crippen LogP contribution in [0.2, 0.25) is 0 Å². The summed E-state index contributed by atoms with van der Waals surface area (Å²) in [6, 6.07) is 0.506. The first-order valence-electron chi connectivity index (χ1n) is 7.56. The summed E-state index contributed by atoms with van der Waals surface area (Å²) in [5, 5.41) is 3.37. The van der Waals surface area contributed by atoms with Crippen molar-refractivity contribution in [2.24, 2.45) is 11.8 Å². The molecule has 0 spiro atoms. The molecule has 2 aliphatic carbocycles. The van der Waals surface area contributed by atoms with Crippen molar-refractivity contribution in [2.45, 2.75) is 51.1 Å². The lowest BCUT2D eigenvalue weighted by molar-refractivity contribution is -0.148. The van der Waals surface area contributed by atoms with Gasteiger partial charge in [-0.1, -0.05) is 13.8 Å². The Bertz CT molecular complexity index is 334. The van der Waals surface area contributed by atoms with Gasteiger partial charge in [0.2, 0.25) is 0 Å². The highest BCUT2D eigenvalue weighted by atomic mass is 16.5. The molecule has 0 aliphatic heterocycles. The fourth-order valence-electron chi connectivity index (χ4n) is 3.52. The van der Waals surface area contributed by atoms with Crippen LogP contribution in [0.25, 0.3) is 0 Å². The van der Waals surface area contributed by atoms with Crippen LogP contribution in [0.5, 0.6) is 0 Å². The van der Waals surface area contributed by atoms with Gasteiger partial charge in [-0.25, -0.2) is 0 Å². The molecule has 4 heteroatoms. The standard InChI is InChI=1S/C15H28N2O2/c1-5-16-15(14(18)19-4)7-6-13(9-15)17(3)10-12-8-11(12)2/h11-13,16H,5-10H2,1-4H3. The summed E-state index contributed by atoms with van der Waals surface area (Å²) in [5.74, 6) is 1.67. The maximum Gasteiger partial charge on any atom is 0.326 e. The Labute approximate surface area is 116 Å². The maximum absolute atomic E-state index is 12.1. The number of carbonyl (C=O) groups is 1. The van der Waals surface area contributed by atoms with Crippen molar-refractivity contribution in [1.82, 2.24) is 10.2 Å². The first-order chi connectivity index (χ1) is 9.02. The second-order valence-corrected chi connectivity index (χ2v) is 6.41. The van der Waals surface area contributed by atoms with Crippen molar-refractivity contribution >= 4 is 5.97 Å². The number of rotatable bonds is 6. The third kappa shape index (κ3) is 3.11. The van der Waals surface area contributed by atoms with Crippen molar-refractivity contribution in [3.63, 3.8) is 0 Å². The lowest BCUT2D eigenvalue weighted by Gasteiger charge is -2.29. The Kier molecular flexibility index (Phi) is 4.51. The van der Waals surface area contributed by atoms with Gasteiger partial charge in [-0.3, -0.25) is 4.79 Å². The normalized spacial score (nSPS) is 37.6. The van der Waals surface area contributed by atoms with E-state index in [1.165, 1.54) is 20.1 Å². The van der Waals surface area contributed by atoms with E-state index in [4.69, 9.17) is 4.74 Å². The molecule has 0 aromatic heterocycles. The topological polar surface area (TPSA) is 41.6 Å². The van der Waals surface area contributed by atoms with Crippen LogP contribution >= 0.6 is 0 Å². The highest BCUT2D eigenvalue weighted by molar-refractivity contribution is 5.81. The maximum atomic E-state index is 12.1. The SMILES string of the molecule is CCNC1(C(=O)OC)CCC(N(C)CC2CC2C)C1. The van der Waals surface area contributed by atoms with Crippen LogP contribution in [0.1, 0.15) is 39.5 Å². The molecule has 2 fully saturated rings. The van der Waals surface area contributed by atoms with E-state index in [1.54, 1.807) is 0 Å². The summed E-state index contributed by atoms with van der Waals surface area (Å²) in [5.41, 5.74) is -0.447. The molecule has 0 heterocycles. The third-order valence-corrected chi connectivity index (χ3v) is 5.00. The molecule has 0 aromatic carbocycles. The smallest absolute Gasteiger partial charge is 0.326 e. The zero-order valence-corrected chi connectivity index (χ0v) is 12.7. The van der Waals surface area contributed by atoms with Crippen LogP contribution in [-0.2, 0) is 9.53 Å². The van der Waals surface area contributed by atoms with E-state index in [0.717, 1.165) is 37.6 Å². The number of esters is 1. The number of nitrogens with zero attached hydrogens (tertiary/aromatic N) is 1. The van der Waals surface area contributed by atoms with Gasteiger partial charge in [-0.05, 0) is 51.1 Å². The summed E-state index contributed by atoms with van der Waals surface area (Å²) >= 11 is 0. The Balaban J connectivity index is 1.93. The number of carbonyl (C=O) groups excluding carboxylic acids is 1. The van der Waals surface area contributed by atoms with Gasteiger partial charge in [0, 0.05) is 12.6 Å². The van der Waals surface area contributed by atoms with Crippen LogP contribution in [0, 0.1) is 11.8 Å². The number of hydrogen-bond donors (Lipinski definition) is 1. The van der Waals surface area contributed by atoms with Crippen LogP contribution in [-0.4, -0.2) is 49.7 Å². The van der Waals surface area contributed by atoms with Crippen molar-refractivity contribution in [3.05, 3.63) is 0 Å². The van der Waals surface area contributed by atoms with Gasteiger partial charge in [0.1, 0.15) is 5.54 Å². The second-order valence-electron chi connectivity index (χ2n) is 6.41. The molecule has 19 heavy (non-hydrogen) atoms. The van der Waals surface area contributed by atoms with E-state index in [1.807, 2.05) is 6.92 Å². The van der Waals surface area contributed by atoms with E-state index in [2.05, 4.69) is 24.2 Å². The lowest BCUT2D eigenvalue weighted by atomic mass is 9.97. The minimum atomic E-state index is -0.447. The van der Waals surface area contributed by atoms with Gasteiger partial charge in [0.05, 0.1) is 7.11 Å². The van der Waals surface area contributed by atoms with E-state index in [0.29, 0.717) is 6.04 Å². The summed E-state index contributed by atoms with van der Waals surface area (Å²) in [6.07, 6.45) is 4.22. The Hall–Kier alpha value is -0.610. The molecular weight excluding hydrogens is 240 g/mol. The van der Waals surface area contributed by atoms with Crippen LogP contribution in [0.3, 0.4) is 0 Å². The molecule has 1 N–H and O–H groups in total. The van der Waals surface area contributed by atoms with Gasteiger partial charge in [-0.2, -0.15) is 0 Å². The number of likely N-dealkylation sites (N-methyl/N-ethyl adjacent to an activating group) is 1. The second kappa shape index (κ2) is 5.80. The molecule has 0 saturated heterocycles. The Morgan fingerprint density at radius 2 is 2.21 bits per heavy atom. The summed E-state index contributed by atoms with van der Waals surface area (Å²) < 4.78 is 5.01. The molecule has 2 rings (SSSR count). The van der Waals surface area contributed by atoms with Gasteiger partial charge < -0.3 is 15.0 Å². The third-order valence-electron chi connectivity index (χ3n) is 5.00. The van der Waals surface area contributed by atoms with Crippen molar-refractivity contribution in [2.75, 3.05) is 27.2 Å². The van der Waals surface area contributed by atoms with E-state index < -0.39 is 5.54 Å². The summed E-state index contributed by atoms with van der Waals surface area (Å²) in [7, 11) is 3.69. The molecule has 2 aliphatic rings. The average molecular weight is 268 g/mol. The number of ether oxygens (including phenoxy) is 1. The van der Waals surface area contributed by atoms with Gasteiger partial charge in [-0.15, -0.1) is 0 Å². The lowest BCUT2D eigenvalue weighted by Crippen LogP contribution is -2.51.